The van der Waals surface area contributed by atoms with Crippen molar-refractivity contribution in [1.82, 2.24) is 4.98 Å². The van der Waals surface area contributed by atoms with E-state index in [1.54, 1.807) is 24.3 Å². The number of carboxylic acid groups (broad SMARTS) is 1. The molecule has 0 fully saturated rings. The number of nitrogens with two attached hydrogens (primary N) is 1. The predicted octanol–water partition coefficient (Wildman–Crippen LogP) is 3.63. The average molecular weight is 320 g/mol. The molecule has 0 radical (unpaired) electrons. The third-order valence-electron chi connectivity index (χ3n) is 3.87. The second-order valence-electron chi connectivity index (χ2n) is 5.48. The van der Waals surface area contributed by atoms with E-state index in [0.29, 0.717) is 17.0 Å². The highest BCUT2D eigenvalue weighted by Gasteiger charge is 2.12. The van der Waals surface area contributed by atoms with Crippen LogP contribution in [0.1, 0.15) is 10.4 Å². The lowest BCUT2D eigenvalue weighted by molar-refractivity contribution is 0.0697. The molecule has 4 N–H and O–H groups in total. The first-order valence-corrected chi connectivity index (χ1v) is 7.18. The maximum absolute atomic E-state index is 11.0. The Bertz CT molecular complexity index is 1080. The van der Waals surface area contributed by atoms with Crippen LogP contribution in [-0.4, -0.2) is 21.2 Å². The number of carbonyl (C=O) groups is 1. The summed E-state index contributed by atoms with van der Waals surface area (Å²) in [5, 5.41) is 20.4. The number of hydrogen-bond donors (Lipinski definition) is 3. The topological polar surface area (TPSA) is 110 Å². The number of phenols is 1. The third-order valence-corrected chi connectivity index (χ3v) is 3.87. The fourth-order valence-corrected chi connectivity index (χ4v) is 2.61. The van der Waals surface area contributed by atoms with E-state index in [4.69, 9.17) is 15.3 Å². The van der Waals surface area contributed by atoms with E-state index in [2.05, 4.69) is 4.98 Å². The van der Waals surface area contributed by atoms with Crippen LogP contribution in [0.2, 0.25) is 0 Å². The maximum atomic E-state index is 11.0. The van der Waals surface area contributed by atoms with Crippen molar-refractivity contribution >= 4 is 33.5 Å². The second-order valence-corrected chi connectivity index (χ2v) is 5.48. The number of fused-ring (bicyclic) bond motifs is 2. The van der Waals surface area contributed by atoms with Crippen LogP contribution < -0.4 is 5.73 Å². The summed E-state index contributed by atoms with van der Waals surface area (Å²) in [7, 11) is 0. The first-order chi connectivity index (χ1) is 11.5. The van der Waals surface area contributed by atoms with Gasteiger partial charge in [0.05, 0.1) is 11.3 Å². The lowest BCUT2D eigenvalue weighted by atomic mass is 10.0. The van der Waals surface area contributed by atoms with Crippen molar-refractivity contribution in [3.8, 4) is 17.2 Å². The second kappa shape index (κ2) is 4.99. The van der Waals surface area contributed by atoms with Gasteiger partial charge in [0.2, 0.25) is 5.89 Å². The zero-order valence-electron chi connectivity index (χ0n) is 12.4. The van der Waals surface area contributed by atoms with Crippen LogP contribution in [0.4, 0.5) is 5.69 Å². The van der Waals surface area contributed by atoms with Gasteiger partial charge in [-0.05, 0) is 41.1 Å². The molecule has 4 aromatic rings. The molecule has 0 spiro atoms. The van der Waals surface area contributed by atoms with E-state index in [1.807, 2.05) is 18.2 Å². The van der Waals surface area contributed by atoms with Crippen LogP contribution in [0, 0.1) is 0 Å². The van der Waals surface area contributed by atoms with Gasteiger partial charge in [0.1, 0.15) is 11.3 Å². The number of rotatable bonds is 2. The van der Waals surface area contributed by atoms with Gasteiger partial charge in [0.25, 0.3) is 0 Å². The van der Waals surface area contributed by atoms with Gasteiger partial charge in [-0.2, -0.15) is 0 Å². The van der Waals surface area contributed by atoms with Crippen LogP contribution >= 0.6 is 0 Å². The normalized spacial score (nSPS) is 11.2. The van der Waals surface area contributed by atoms with Gasteiger partial charge in [0, 0.05) is 11.6 Å². The quantitative estimate of drug-likeness (QED) is 0.384. The molecule has 4 rings (SSSR count). The van der Waals surface area contributed by atoms with Crippen LogP contribution in [0.25, 0.3) is 33.3 Å². The first kappa shape index (κ1) is 14.1. The molecule has 6 heteroatoms. The zero-order chi connectivity index (χ0) is 16.8. The maximum Gasteiger partial charge on any atom is 0.335 e. The predicted molar refractivity (Wildman–Crippen MR) is 90.0 cm³/mol. The fraction of sp³-hybridized carbons (Fsp3) is 0. The summed E-state index contributed by atoms with van der Waals surface area (Å²) < 4.78 is 5.68. The van der Waals surface area contributed by atoms with Gasteiger partial charge < -0.3 is 20.4 Å². The number of benzene rings is 3. The number of aromatic nitrogens is 1. The van der Waals surface area contributed by atoms with Crippen molar-refractivity contribution in [2.45, 2.75) is 0 Å². The molecule has 3 aromatic carbocycles. The highest BCUT2D eigenvalue weighted by molar-refractivity contribution is 5.95. The van der Waals surface area contributed by atoms with Gasteiger partial charge in [-0.15, -0.1) is 0 Å². The molecule has 0 saturated carbocycles. The van der Waals surface area contributed by atoms with E-state index in [-0.39, 0.29) is 17.0 Å². The number of nitrogen functional groups attached to an aromatic ring is 1. The van der Waals surface area contributed by atoms with E-state index in [1.165, 1.54) is 6.07 Å². The number of aromatic carboxylic acids is 1. The summed E-state index contributed by atoms with van der Waals surface area (Å²) >= 11 is 0. The summed E-state index contributed by atoms with van der Waals surface area (Å²) in [6, 6.07) is 13.4. The smallest absolute Gasteiger partial charge is 0.335 e. The molecule has 118 valence electrons. The standard InChI is InChI=1S/C18H12N2O4/c19-13-7-14-16(8-15(13)21)24-17(20-14)11-3-1-10-6-12(18(22)23)4-2-9(10)5-11/h1-8,21H,19H2,(H,22,23). The summed E-state index contributed by atoms with van der Waals surface area (Å²) in [6.45, 7) is 0. The Morgan fingerprint density at radius 2 is 1.79 bits per heavy atom. The van der Waals surface area contributed by atoms with Crippen molar-refractivity contribution in [1.29, 1.82) is 0 Å². The van der Waals surface area contributed by atoms with E-state index in [9.17, 15) is 9.90 Å². The van der Waals surface area contributed by atoms with Crippen LogP contribution in [0.3, 0.4) is 0 Å². The molecule has 24 heavy (non-hydrogen) atoms. The van der Waals surface area contributed by atoms with Crippen LogP contribution in [0.5, 0.6) is 5.75 Å². The molecule has 0 atom stereocenters. The van der Waals surface area contributed by atoms with E-state index < -0.39 is 5.97 Å². The Morgan fingerprint density at radius 3 is 2.58 bits per heavy atom. The van der Waals surface area contributed by atoms with Crippen molar-refractivity contribution in [2.75, 3.05) is 5.73 Å². The Morgan fingerprint density at radius 1 is 1.04 bits per heavy atom. The van der Waals surface area contributed by atoms with Gasteiger partial charge >= 0.3 is 5.97 Å². The Hall–Kier alpha value is -3.54. The molecule has 0 amide bonds. The lowest BCUT2D eigenvalue weighted by Gasteiger charge is -2.02. The third kappa shape index (κ3) is 2.21. The number of aromatic hydroxyl groups is 1. The molecule has 0 aliphatic heterocycles. The fourth-order valence-electron chi connectivity index (χ4n) is 2.61. The van der Waals surface area contributed by atoms with Crippen LogP contribution in [0.15, 0.2) is 52.9 Å². The molecule has 0 aliphatic rings. The SMILES string of the molecule is Nc1cc2nc(-c3ccc4cc(C(=O)O)ccc4c3)oc2cc1O. The largest absolute Gasteiger partial charge is 0.506 e. The van der Waals surface area contributed by atoms with Crippen molar-refractivity contribution < 1.29 is 19.4 Å². The lowest BCUT2D eigenvalue weighted by Crippen LogP contribution is -1.95. The highest BCUT2D eigenvalue weighted by Crippen LogP contribution is 2.31. The first-order valence-electron chi connectivity index (χ1n) is 7.18. The van der Waals surface area contributed by atoms with E-state index in [0.717, 1.165) is 16.3 Å². The minimum Gasteiger partial charge on any atom is -0.506 e. The minimum absolute atomic E-state index is 0.0510. The van der Waals surface area contributed by atoms with Gasteiger partial charge in [0.15, 0.2) is 5.58 Å². The monoisotopic (exact) mass is 320 g/mol. The highest BCUT2D eigenvalue weighted by atomic mass is 16.4. The molecular formula is C18H12N2O4. The van der Waals surface area contributed by atoms with Crippen molar-refractivity contribution in [2.24, 2.45) is 0 Å². The van der Waals surface area contributed by atoms with Crippen LogP contribution in [-0.2, 0) is 0 Å². The number of hydrogen-bond acceptors (Lipinski definition) is 5. The summed E-state index contributed by atoms with van der Waals surface area (Å²) in [5.74, 6) is -0.610. The van der Waals surface area contributed by atoms with Crippen molar-refractivity contribution in [3.63, 3.8) is 0 Å². The number of phenolic OH excluding ortho intramolecular Hbond substituents is 1. The van der Waals surface area contributed by atoms with E-state index >= 15 is 0 Å². The molecule has 6 nitrogen and oxygen atoms in total. The number of nitrogens with zero attached hydrogens (tertiary/aromatic N) is 1. The molecule has 0 unspecified atom stereocenters. The average Bonchev–Trinajstić information content (AvgIpc) is 2.97. The van der Waals surface area contributed by atoms with Crippen molar-refractivity contribution in [3.05, 3.63) is 54.1 Å². The van der Waals surface area contributed by atoms with Gasteiger partial charge in [-0.1, -0.05) is 12.1 Å². The molecule has 1 aromatic heterocycles. The Labute approximate surface area is 135 Å². The number of oxazole rings is 1. The molecule has 0 aliphatic carbocycles. The molecule has 1 heterocycles. The van der Waals surface area contributed by atoms with Gasteiger partial charge in [-0.3, -0.25) is 0 Å². The number of carboxylic acids is 1. The molecule has 0 saturated heterocycles. The van der Waals surface area contributed by atoms with Gasteiger partial charge in [-0.25, -0.2) is 9.78 Å². The summed E-state index contributed by atoms with van der Waals surface area (Å²) in [4.78, 5) is 15.4. The molecular weight excluding hydrogens is 308 g/mol. The summed E-state index contributed by atoms with van der Waals surface area (Å²) in [6.07, 6.45) is 0. The Kier molecular flexibility index (Phi) is 2.93. The zero-order valence-corrected chi connectivity index (χ0v) is 12.4. The summed E-state index contributed by atoms with van der Waals surface area (Å²) in [5.41, 5.74) is 7.89. The number of anilines is 1. The Balaban J connectivity index is 1.84. The molecule has 0 bridgehead atoms. The minimum atomic E-state index is -0.961.